The molecular weight excluding hydrogens is 308 g/mol. The molecule has 4 nitrogen and oxygen atoms in total. The van der Waals surface area contributed by atoms with Crippen molar-refractivity contribution in [2.75, 3.05) is 0 Å². The predicted molar refractivity (Wildman–Crippen MR) is 98.3 cm³/mol. The fourth-order valence-corrected chi connectivity index (χ4v) is 4.48. The van der Waals surface area contributed by atoms with Crippen LogP contribution in [0.4, 0.5) is 0 Å². The Morgan fingerprint density at radius 2 is 1.80 bits per heavy atom. The Morgan fingerprint density at radius 3 is 2.56 bits per heavy atom. The Balaban J connectivity index is 1.66. The second kappa shape index (κ2) is 5.01. The Kier molecular flexibility index (Phi) is 2.97. The smallest absolute Gasteiger partial charge is 0.182 e. The minimum absolute atomic E-state index is 0.0405. The van der Waals surface area contributed by atoms with Crippen LogP contribution < -0.4 is 0 Å². The summed E-state index contributed by atoms with van der Waals surface area (Å²) in [7, 11) is 0. The second-order valence-electron chi connectivity index (χ2n) is 8.00. The van der Waals surface area contributed by atoms with E-state index >= 15 is 0 Å². The molecule has 2 unspecified atom stereocenters. The average Bonchev–Trinajstić information content (AvgIpc) is 3.16. The van der Waals surface area contributed by atoms with Crippen molar-refractivity contribution in [3.63, 3.8) is 0 Å². The molecule has 2 aliphatic rings. The van der Waals surface area contributed by atoms with Gasteiger partial charge in [0.25, 0.3) is 0 Å². The van der Waals surface area contributed by atoms with Gasteiger partial charge in [0.2, 0.25) is 0 Å². The maximum absolute atomic E-state index is 4.34. The van der Waals surface area contributed by atoms with Gasteiger partial charge >= 0.3 is 0 Å². The summed E-state index contributed by atoms with van der Waals surface area (Å²) in [5.41, 5.74) is 6.58. The Morgan fingerprint density at radius 1 is 1.00 bits per heavy atom. The quantitative estimate of drug-likeness (QED) is 0.689. The molecule has 3 aromatic rings. The molecule has 1 saturated carbocycles. The monoisotopic (exact) mass is 330 g/mol. The van der Waals surface area contributed by atoms with Gasteiger partial charge < -0.3 is 0 Å². The SMILES string of the molecule is CC1CCC1n1nnnc1-c1ccc2c(c1)-c1ccccc1C2(C)C. The normalized spacial score (nSPS) is 23.0. The number of benzene rings is 2. The van der Waals surface area contributed by atoms with Gasteiger partial charge in [0.05, 0.1) is 6.04 Å². The first kappa shape index (κ1) is 14.8. The fraction of sp³-hybridized carbons (Fsp3) is 0.381. The van der Waals surface area contributed by atoms with Crippen molar-refractivity contribution in [2.24, 2.45) is 5.92 Å². The van der Waals surface area contributed by atoms with E-state index in [-0.39, 0.29) is 5.41 Å². The predicted octanol–water partition coefficient (Wildman–Crippen LogP) is 4.62. The molecule has 126 valence electrons. The second-order valence-corrected chi connectivity index (χ2v) is 8.00. The van der Waals surface area contributed by atoms with Crippen LogP contribution in [0.15, 0.2) is 42.5 Å². The first-order valence-corrected chi connectivity index (χ1v) is 9.10. The molecule has 0 spiro atoms. The zero-order valence-corrected chi connectivity index (χ0v) is 14.9. The van der Waals surface area contributed by atoms with Crippen molar-refractivity contribution in [1.82, 2.24) is 20.2 Å². The average molecular weight is 330 g/mol. The molecule has 1 heterocycles. The Bertz CT molecular complexity index is 970. The molecule has 5 rings (SSSR count). The topological polar surface area (TPSA) is 43.6 Å². The first-order valence-electron chi connectivity index (χ1n) is 9.10. The molecular formula is C21H22N4. The van der Waals surface area contributed by atoms with Gasteiger partial charge in [0, 0.05) is 11.0 Å². The molecule has 25 heavy (non-hydrogen) atoms. The van der Waals surface area contributed by atoms with Crippen LogP contribution in [-0.4, -0.2) is 20.2 Å². The summed E-state index contributed by atoms with van der Waals surface area (Å²) in [6.45, 7) is 6.88. The molecule has 0 saturated heterocycles. The molecule has 4 heteroatoms. The third kappa shape index (κ3) is 1.97. The van der Waals surface area contributed by atoms with E-state index in [2.05, 4.69) is 78.8 Å². The molecule has 0 amide bonds. The van der Waals surface area contributed by atoms with Gasteiger partial charge in [-0.15, -0.1) is 5.10 Å². The lowest BCUT2D eigenvalue weighted by atomic mass is 9.81. The standard InChI is InChI=1S/C21H22N4/c1-13-8-11-19(13)25-20(22-23-24-25)14-9-10-18-16(12-14)15-6-4-5-7-17(15)21(18,2)3/h4-7,9-10,12-13,19H,8,11H2,1-3H3. The van der Waals surface area contributed by atoms with E-state index in [9.17, 15) is 0 Å². The lowest BCUT2D eigenvalue weighted by Crippen LogP contribution is -2.28. The summed E-state index contributed by atoms with van der Waals surface area (Å²) < 4.78 is 2.03. The number of rotatable bonds is 2. The van der Waals surface area contributed by atoms with E-state index in [0.29, 0.717) is 12.0 Å². The highest BCUT2D eigenvalue weighted by molar-refractivity contribution is 5.83. The highest BCUT2D eigenvalue weighted by atomic mass is 15.6. The zero-order chi connectivity index (χ0) is 17.2. The van der Waals surface area contributed by atoms with Crippen LogP contribution in [0.5, 0.6) is 0 Å². The van der Waals surface area contributed by atoms with Crippen molar-refractivity contribution in [3.05, 3.63) is 53.6 Å². The summed E-state index contributed by atoms with van der Waals surface area (Å²) in [6, 6.07) is 15.9. The zero-order valence-electron chi connectivity index (χ0n) is 14.9. The summed E-state index contributed by atoms with van der Waals surface area (Å²) in [6.07, 6.45) is 2.43. The van der Waals surface area contributed by atoms with Crippen molar-refractivity contribution in [3.8, 4) is 22.5 Å². The van der Waals surface area contributed by atoms with E-state index in [1.807, 2.05) is 4.68 Å². The molecule has 0 bridgehead atoms. The third-order valence-corrected chi connectivity index (χ3v) is 6.22. The van der Waals surface area contributed by atoms with Crippen LogP contribution in [0.3, 0.4) is 0 Å². The van der Waals surface area contributed by atoms with Gasteiger partial charge in [-0.25, -0.2) is 4.68 Å². The summed E-state index contributed by atoms with van der Waals surface area (Å²) >= 11 is 0. The molecule has 0 N–H and O–H groups in total. The number of tetrazole rings is 1. The van der Waals surface area contributed by atoms with Crippen LogP contribution in [0, 0.1) is 5.92 Å². The van der Waals surface area contributed by atoms with E-state index in [0.717, 1.165) is 11.4 Å². The number of hydrogen-bond acceptors (Lipinski definition) is 3. The molecule has 0 aliphatic heterocycles. The van der Waals surface area contributed by atoms with E-state index in [4.69, 9.17) is 0 Å². The van der Waals surface area contributed by atoms with E-state index < -0.39 is 0 Å². The summed E-state index contributed by atoms with van der Waals surface area (Å²) in [4.78, 5) is 0. The van der Waals surface area contributed by atoms with Gasteiger partial charge in [0.15, 0.2) is 5.82 Å². The minimum atomic E-state index is 0.0405. The molecule has 2 atom stereocenters. The lowest BCUT2D eigenvalue weighted by molar-refractivity contribution is 0.184. The molecule has 2 aliphatic carbocycles. The van der Waals surface area contributed by atoms with Crippen LogP contribution in [0.25, 0.3) is 22.5 Å². The maximum atomic E-state index is 4.34. The van der Waals surface area contributed by atoms with E-state index in [1.54, 1.807) is 0 Å². The summed E-state index contributed by atoms with van der Waals surface area (Å²) in [5, 5.41) is 12.6. The number of hydrogen-bond donors (Lipinski definition) is 0. The molecule has 2 aromatic carbocycles. The summed E-state index contributed by atoms with van der Waals surface area (Å²) in [5.74, 6) is 1.54. The number of aromatic nitrogens is 4. The van der Waals surface area contributed by atoms with Crippen LogP contribution in [0.1, 0.15) is 50.8 Å². The van der Waals surface area contributed by atoms with Gasteiger partial charge in [-0.3, -0.25) is 0 Å². The molecule has 1 fully saturated rings. The van der Waals surface area contributed by atoms with Gasteiger partial charge in [-0.05, 0) is 57.5 Å². The highest BCUT2D eigenvalue weighted by Crippen LogP contribution is 2.49. The fourth-order valence-electron chi connectivity index (χ4n) is 4.48. The van der Waals surface area contributed by atoms with E-state index in [1.165, 1.54) is 35.1 Å². The first-order chi connectivity index (χ1) is 12.1. The minimum Gasteiger partial charge on any atom is -0.222 e. The lowest BCUT2D eigenvalue weighted by Gasteiger charge is -2.33. The van der Waals surface area contributed by atoms with Crippen LogP contribution in [-0.2, 0) is 5.41 Å². The Hall–Kier alpha value is -2.49. The van der Waals surface area contributed by atoms with Crippen molar-refractivity contribution in [2.45, 2.75) is 45.1 Å². The van der Waals surface area contributed by atoms with Gasteiger partial charge in [0.1, 0.15) is 0 Å². The number of nitrogens with zero attached hydrogens (tertiary/aromatic N) is 4. The molecule has 0 radical (unpaired) electrons. The van der Waals surface area contributed by atoms with Crippen LogP contribution >= 0.6 is 0 Å². The van der Waals surface area contributed by atoms with Crippen molar-refractivity contribution < 1.29 is 0 Å². The third-order valence-electron chi connectivity index (χ3n) is 6.22. The van der Waals surface area contributed by atoms with Crippen LogP contribution in [0.2, 0.25) is 0 Å². The van der Waals surface area contributed by atoms with Gasteiger partial charge in [-0.1, -0.05) is 57.2 Å². The Labute approximate surface area is 147 Å². The van der Waals surface area contributed by atoms with Crippen molar-refractivity contribution in [1.29, 1.82) is 0 Å². The maximum Gasteiger partial charge on any atom is 0.182 e. The van der Waals surface area contributed by atoms with Crippen molar-refractivity contribution >= 4 is 0 Å². The molecule has 1 aromatic heterocycles. The largest absolute Gasteiger partial charge is 0.222 e. The van der Waals surface area contributed by atoms with Gasteiger partial charge in [-0.2, -0.15) is 0 Å². The number of fused-ring (bicyclic) bond motifs is 3. The highest BCUT2D eigenvalue weighted by Gasteiger charge is 2.36.